The summed E-state index contributed by atoms with van der Waals surface area (Å²) in [5.41, 5.74) is 1.44. The normalized spacial score (nSPS) is 10.5. The Morgan fingerprint density at radius 2 is 1.88 bits per heavy atom. The van der Waals surface area contributed by atoms with Crippen molar-refractivity contribution in [3.8, 4) is 0 Å². The van der Waals surface area contributed by atoms with Crippen LogP contribution in [-0.4, -0.2) is 34.3 Å². The van der Waals surface area contributed by atoms with Crippen LogP contribution in [0.3, 0.4) is 0 Å². The van der Waals surface area contributed by atoms with E-state index in [1.165, 1.54) is 4.68 Å². The van der Waals surface area contributed by atoms with Crippen LogP contribution in [0.4, 0.5) is 5.69 Å². The second kappa shape index (κ2) is 10.3. The van der Waals surface area contributed by atoms with Crippen molar-refractivity contribution in [1.82, 2.24) is 14.7 Å². The topological polar surface area (TPSA) is 50.2 Å². The third kappa shape index (κ3) is 5.51. The Kier molecular flexibility index (Phi) is 8.82. The number of anilines is 1. The smallest absolute Gasteiger partial charge is 0.287 e. The zero-order valence-electron chi connectivity index (χ0n) is 14.0. The van der Waals surface area contributed by atoms with Gasteiger partial charge in [-0.05, 0) is 18.7 Å². The number of benzene rings is 1. The number of hydrogen-bond acceptors (Lipinski definition) is 4. The molecule has 0 unspecified atom stereocenters. The molecule has 5 nitrogen and oxygen atoms in total. The summed E-state index contributed by atoms with van der Waals surface area (Å²) in [7, 11) is 0. The first kappa shape index (κ1) is 20.5. The van der Waals surface area contributed by atoms with Gasteiger partial charge in [-0.15, -0.1) is 12.4 Å². The van der Waals surface area contributed by atoms with Crippen molar-refractivity contribution in [3.05, 3.63) is 57.5 Å². The molecular formula is C17H24Cl2N4O. The van der Waals surface area contributed by atoms with Gasteiger partial charge in [-0.2, -0.15) is 5.10 Å². The number of likely N-dealkylation sites (N-methyl/N-ethyl adjacent to an activating group) is 1. The molecule has 1 aromatic carbocycles. The van der Waals surface area contributed by atoms with Crippen LogP contribution in [0.5, 0.6) is 0 Å². The Bertz CT molecular complexity index is 672. The molecule has 0 aliphatic heterocycles. The van der Waals surface area contributed by atoms with Crippen LogP contribution in [0.1, 0.15) is 19.4 Å². The predicted octanol–water partition coefficient (Wildman–Crippen LogP) is 3.27. The summed E-state index contributed by atoms with van der Waals surface area (Å²) < 4.78 is 1.42. The average Bonchev–Trinajstić information content (AvgIpc) is 2.59. The lowest BCUT2D eigenvalue weighted by Crippen LogP contribution is -2.32. The van der Waals surface area contributed by atoms with E-state index in [-0.39, 0.29) is 23.0 Å². The lowest BCUT2D eigenvalue weighted by Gasteiger charge is -2.18. The van der Waals surface area contributed by atoms with Gasteiger partial charge in [0.1, 0.15) is 5.02 Å². The highest BCUT2D eigenvalue weighted by atomic mass is 35.5. The van der Waals surface area contributed by atoms with Gasteiger partial charge in [0.05, 0.1) is 18.4 Å². The molecule has 0 bridgehead atoms. The van der Waals surface area contributed by atoms with Crippen LogP contribution in [0.15, 0.2) is 41.3 Å². The molecule has 24 heavy (non-hydrogen) atoms. The molecule has 0 atom stereocenters. The molecule has 0 saturated heterocycles. The Labute approximate surface area is 154 Å². The van der Waals surface area contributed by atoms with Gasteiger partial charge in [-0.25, -0.2) is 4.68 Å². The third-order valence-corrected chi connectivity index (χ3v) is 4.20. The highest BCUT2D eigenvalue weighted by Gasteiger charge is 2.10. The summed E-state index contributed by atoms with van der Waals surface area (Å²) >= 11 is 6.20. The van der Waals surface area contributed by atoms with Crippen LogP contribution in [0.25, 0.3) is 0 Å². The highest BCUT2D eigenvalue weighted by molar-refractivity contribution is 6.32. The van der Waals surface area contributed by atoms with E-state index in [4.69, 9.17) is 11.6 Å². The van der Waals surface area contributed by atoms with Gasteiger partial charge >= 0.3 is 0 Å². The Hall–Kier alpha value is -1.56. The zero-order valence-corrected chi connectivity index (χ0v) is 15.6. The van der Waals surface area contributed by atoms with Gasteiger partial charge in [0.25, 0.3) is 5.56 Å². The predicted molar refractivity (Wildman–Crippen MR) is 102 cm³/mol. The average molecular weight is 371 g/mol. The Morgan fingerprint density at radius 3 is 2.50 bits per heavy atom. The summed E-state index contributed by atoms with van der Waals surface area (Å²) in [6, 6.07) is 9.94. The van der Waals surface area contributed by atoms with Crippen molar-refractivity contribution in [2.45, 2.75) is 26.9 Å². The van der Waals surface area contributed by atoms with E-state index in [9.17, 15) is 4.79 Å². The number of nitrogens with one attached hydrogen (secondary N) is 1. The number of rotatable bonds is 8. The number of hydrogen-bond donors (Lipinski definition) is 1. The number of aromatic nitrogens is 2. The van der Waals surface area contributed by atoms with E-state index in [1.54, 1.807) is 6.20 Å². The maximum Gasteiger partial charge on any atom is 0.287 e. The standard InChI is InChI=1S/C17H23ClN4O.ClH/c1-3-21(4-2)10-11-22-17(23)16(18)15(13-20-22)19-12-14-8-6-5-7-9-14;/h5-9,13,19H,3-4,10-12H2,1-2H3;1H. The van der Waals surface area contributed by atoms with Crippen LogP contribution in [-0.2, 0) is 13.1 Å². The summed E-state index contributed by atoms with van der Waals surface area (Å²) in [4.78, 5) is 14.5. The number of nitrogens with zero attached hydrogens (tertiary/aromatic N) is 3. The fraction of sp³-hybridized carbons (Fsp3) is 0.412. The molecule has 7 heteroatoms. The molecule has 0 saturated carbocycles. The van der Waals surface area contributed by atoms with Crippen LogP contribution < -0.4 is 10.9 Å². The minimum Gasteiger partial charge on any atom is -0.378 e. The van der Waals surface area contributed by atoms with Gasteiger partial charge in [0, 0.05) is 13.1 Å². The molecule has 0 fully saturated rings. The molecule has 0 spiro atoms. The second-order valence-corrected chi connectivity index (χ2v) is 5.64. The van der Waals surface area contributed by atoms with Crippen molar-refractivity contribution < 1.29 is 0 Å². The van der Waals surface area contributed by atoms with Gasteiger partial charge in [0.2, 0.25) is 0 Å². The summed E-state index contributed by atoms with van der Waals surface area (Å²) in [5, 5.41) is 7.58. The van der Waals surface area contributed by atoms with Crippen molar-refractivity contribution >= 4 is 29.7 Å². The summed E-state index contributed by atoms with van der Waals surface area (Å²) in [5.74, 6) is 0. The summed E-state index contributed by atoms with van der Waals surface area (Å²) in [6.45, 7) is 8.04. The van der Waals surface area contributed by atoms with E-state index < -0.39 is 0 Å². The van der Waals surface area contributed by atoms with Crippen molar-refractivity contribution in [2.24, 2.45) is 0 Å². The van der Waals surface area contributed by atoms with E-state index in [2.05, 4.69) is 29.2 Å². The molecule has 1 aromatic heterocycles. The molecule has 2 rings (SSSR count). The first-order chi connectivity index (χ1) is 11.2. The molecule has 0 aliphatic rings. The van der Waals surface area contributed by atoms with Gasteiger partial charge in [0.15, 0.2) is 0 Å². The molecule has 132 valence electrons. The van der Waals surface area contributed by atoms with Crippen LogP contribution >= 0.6 is 24.0 Å². The van der Waals surface area contributed by atoms with Gasteiger partial charge in [-0.1, -0.05) is 55.8 Å². The van der Waals surface area contributed by atoms with Gasteiger partial charge < -0.3 is 10.2 Å². The third-order valence-electron chi connectivity index (χ3n) is 3.83. The fourth-order valence-corrected chi connectivity index (χ4v) is 2.53. The van der Waals surface area contributed by atoms with E-state index in [0.29, 0.717) is 18.8 Å². The second-order valence-electron chi connectivity index (χ2n) is 5.27. The SMILES string of the molecule is CCN(CC)CCn1ncc(NCc2ccccc2)c(Cl)c1=O.Cl. The lowest BCUT2D eigenvalue weighted by atomic mass is 10.2. The molecule has 1 N–H and O–H groups in total. The van der Waals surface area contributed by atoms with E-state index in [0.717, 1.165) is 25.2 Å². The minimum absolute atomic E-state index is 0. The highest BCUT2D eigenvalue weighted by Crippen LogP contribution is 2.16. The maximum absolute atomic E-state index is 12.3. The Morgan fingerprint density at radius 1 is 1.21 bits per heavy atom. The molecule has 0 aliphatic carbocycles. The van der Waals surface area contributed by atoms with Crippen molar-refractivity contribution in [3.63, 3.8) is 0 Å². The largest absolute Gasteiger partial charge is 0.378 e. The van der Waals surface area contributed by atoms with Crippen molar-refractivity contribution in [2.75, 3.05) is 25.0 Å². The monoisotopic (exact) mass is 370 g/mol. The van der Waals surface area contributed by atoms with E-state index >= 15 is 0 Å². The quantitative estimate of drug-likeness (QED) is 0.774. The van der Waals surface area contributed by atoms with E-state index in [1.807, 2.05) is 30.3 Å². The van der Waals surface area contributed by atoms with Crippen LogP contribution in [0.2, 0.25) is 5.02 Å². The Balaban J connectivity index is 0.00000288. The first-order valence-corrected chi connectivity index (χ1v) is 8.29. The molecule has 0 amide bonds. The molecular weight excluding hydrogens is 347 g/mol. The number of halogens is 2. The maximum atomic E-state index is 12.3. The zero-order chi connectivity index (χ0) is 16.7. The molecule has 0 radical (unpaired) electrons. The first-order valence-electron chi connectivity index (χ1n) is 7.91. The van der Waals surface area contributed by atoms with Crippen LogP contribution in [0, 0.1) is 0 Å². The van der Waals surface area contributed by atoms with Gasteiger partial charge in [-0.3, -0.25) is 4.79 Å². The molecule has 2 aromatic rings. The van der Waals surface area contributed by atoms with Crippen molar-refractivity contribution in [1.29, 1.82) is 0 Å². The minimum atomic E-state index is -0.253. The summed E-state index contributed by atoms with van der Waals surface area (Å²) in [6.07, 6.45) is 1.62. The molecule has 1 heterocycles. The fourth-order valence-electron chi connectivity index (χ4n) is 2.32. The lowest BCUT2D eigenvalue weighted by molar-refractivity contribution is 0.282.